The number of carbonyl (C=O) groups is 1. The van der Waals surface area contributed by atoms with Gasteiger partial charge in [-0.3, -0.25) is 4.79 Å². The first-order chi connectivity index (χ1) is 7.59. The molecular weight excluding hydrogens is 204 g/mol. The Kier molecular flexibility index (Phi) is 3.22. The van der Waals surface area contributed by atoms with Crippen molar-refractivity contribution in [2.45, 2.75) is 32.2 Å². The summed E-state index contributed by atoms with van der Waals surface area (Å²) in [7, 11) is 1.74. The third-order valence-corrected chi connectivity index (χ3v) is 4.23. The van der Waals surface area contributed by atoms with Crippen molar-refractivity contribution in [3.05, 3.63) is 0 Å². The molecule has 1 amide bonds. The number of nitrogens with zero attached hydrogens (tertiary/aromatic N) is 1. The van der Waals surface area contributed by atoms with Crippen LogP contribution in [0.4, 0.5) is 0 Å². The molecular formula is C12H22N2O2. The minimum atomic E-state index is -0.376. The lowest BCUT2D eigenvalue weighted by molar-refractivity contribution is -0.131. The normalized spacial score (nSPS) is 29.2. The predicted molar refractivity (Wildman–Crippen MR) is 61.9 cm³/mol. The van der Waals surface area contributed by atoms with Gasteiger partial charge in [-0.1, -0.05) is 6.42 Å². The molecule has 16 heavy (non-hydrogen) atoms. The van der Waals surface area contributed by atoms with Crippen LogP contribution < -0.4 is 5.73 Å². The molecule has 0 aromatic rings. The molecule has 0 radical (unpaired) electrons. The molecule has 0 aromatic carbocycles. The van der Waals surface area contributed by atoms with Crippen molar-refractivity contribution in [1.29, 1.82) is 0 Å². The number of rotatable bonds is 3. The summed E-state index contributed by atoms with van der Waals surface area (Å²) in [5, 5.41) is 0. The molecule has 0 unspecified atom stereocenters. The highest BCUT2D eigenvalue weighted by molar-refractivity contribution is 5.81. The van der Waals surface area contributed by atoms with E-state index in [0.29, 0.717) is 11.3 Å². The standard InChI is InChI=1S/C12H22N2O2/c1-9(13)11(15)14-6-10(7-16-2)12(8-14)4-3-5-12/h9-10H,3-8,13H2,1-2H3/t9-,10+/m0/s1. The Labute approximate surface area is 97.1 Å². The molecule has 1 heterocycles. The molecule has 2 atom stereocenters. The van der Waals surface area contributed by atoms with Crippen LogP contribution in [-0.2, 0) is 9.53 Å². The van der Waals surface area contributed by atoms with Crippen LogP contribution >= 0.6 is 0 Å². The third-order valence-electron chi connectivity index (χ3n) is 4.23. The van der Waals surface area contributed by atoms with Crippen molar-refractivity contribution in [1.82, 2.24) is 4.90 Å². The molecule has 1 saturated heterocycles. The minimum absolute atomic E-state index is 0.0879. The van der Waals surface area contributed by atoms with Crippen LogP contribution in [-0.4, -0.2) is 43.7 Å². The second kappa shape index (κ2) is 4.34. The number of likely N-dealkylation sites (tertiary alicyclic amines) is 1. The predicted octanol–water partition coefficient (Wildman–Crippen LogP) is 0.609. The summed E-state index contributed by atoms with van der Waals surface area (Å²) in [5.41, 5.74) is 6.01. The Bertz CT molecular complexity index is 274. The number of hydrogen-bond acceptors (Lipinski definition) is 3. The van der Waals surface area contributed by atoms with Crippen molar-refractivity contribution in [3.63, 3.8) is 0 Å². The van der Waals surface area contributed by atoms with Crippen molar-refractivity contribution < 1.29 is 9.53 Å². The number of ether oxygens (including phenoxy) is 1. The maximum Gasteiger partial charge on any atom is 0.239 e. The second-order valence-electron chi connectivity index (χ2n) is 5.38. The topological polar surface area (TPSA) is 55.6 Å². The molecule has 92 valence electrons. The van der Waals surface area contributed by atoms with Gasteiger partial charge in [0, 0.05) is 26.1 Å². The van der Waals surface area contributed by atoms with Crippen LogP contribution in [0.3, 0.4) is 0 Å². The fourth-order valence-corrected chi connectivity index (χ4v) is 3.12. The lowest BCUT2D eigenvalue weighted by Crippen LogP contribution is -2.43. The fourth-order valence-electron chi connectivity index (χ4n) is 3.12. The SMILES string of the molecule is COC[C@H]1CN(C(=O)[C@H](C)N)CC12CCC2. The molecule has 0 aromatic heterocycles. The van der Waals surface area contributed by atoms with Crippen molar-refractivity contribution in [2.24, 2.45) is 17.1 Å². The van der Waals surface area contributed by atoms with E-state index in [1.165, 1.54) is 19.3 Å². The summed E-state index contributed by atoms with van der Waals surface area (Å²) in [5.74, 6) is 0.596. The van der Waals surface area contributed by atoms with Crippen LogP contribution in [0.25, 0.3) is 0 Å². The van der Waals surface area contributed by atoms with Crippen molar-refractivity contribution >= 4 is 5.91 Å². The second-order valence-corrected chi connectivity index (χ2v) is 5.38. The molecule has 1 aliphatic carbocycles. The summed E-state index contributed by atoms with van der Waals surface area (Å²) < 4.78 is 5.28. The maximum atomic E-state index is 11.9. The number of nitrogens with two attached hydrogens (primary N) is 1. The summed E-state index contributed by atoms with van der Waals surface area (Å²) in [6, 6.07) is -0.376. The minimum Gasteiger partial charge on any atom is -0.384 e. The highest BCUT2D eigenvalue weighted by Gasteiger charge is 2.51. The van der Waals surface area contributed by atoms with E-state index < -0.39 is 0 Å². The Morgan fingerprint density at radius 2 is 2.31 bits per heavy atom. The summed E-state index contributed by atoms with van der Waals surface area (Å²) in [6.45, 7) is 4.25. The van der Waals surface area contributed by atoms with Crippen LogP contribution in [0.2, 0.25) is 0 Å². The Hall–Kier alpha value is -0.610. The van der Waals surface area contributed by atoms with E-state index in [-0.39, 0.29) is 11.9 Å². The Balaban J connectivity index is 2.03. The Morgan fingerprint density at radius 1 is 1.62 bits per heavy atom. The largest absolute Gasteiger partial charge is 0.384 e. The smallest absolute Gasteiger partial charge is 0.239 e. The average molecular weight is 226 g/mol. The highest BCUT2D eigenvalue weighted by atomic mass is 16.5. The van der Waals surface area contributed by atoms with Crippen LogP contribution in [0.1, 0.15) is 26.2 Å². The average Bonchev–Trinajstić information content (AvgIpc) is 2.56. The number of hydrogen-bond donors (Lipinski definition) is 1. The van der Waals surface area contributed by atoms with Gasteiger partial charge in [0.05, 0.1) is 12.6 Å². The van der Waals surface area contributed by atoms with E-state index in [2.05, 4.69) is 0 Å². The van der Waals surface area contributed by atoms with Gasteiger partial charge < -0.3 is 15.4 Å². The molecule has 2 rings (SSSR count). The van der Waals surface area contributed by atoms with Gasteiger partial charge in [0.25, 0.3) is 0 Å². The first-order valence-corrected chi connectivity index (χ1v) is 6.12. The maximum absolute atomic E-state index is 11.9. The van der Waals surface area contributed by atoms with E-state index in [0.717, 1.165) is 19.7 Å². The van der Waals surface area contributed by atoms with Crippen LogP contribution in [0.15, 0.2) is 0 Å². The lowest BCUT2D eigenvalue weighted by atomic mass is 9.63. The molecule has 0 bridgehead atoms. The van der Waals surface area contributed by atoms with E-state index in [1.807, 2.05) is 4.90 Å². The van der Waals surface area contributed by atoms with Crippen LogP contribution in [0.5, 0.6) is 0 Å². The first-order valence-electron chi connectivity index (χ1n) is 6.12. The van der Waals surface area contributed by atoms with Gasteiger partial charge in [-0.25, -0.2) is 0 Å². The van der Waals surface area contributed by atoms with Gasteiger partial charge in [0.15, 0.2) is 0 Å². The number of amides is 1. The van der Waals surface area contributed by atoms with Gasteiger partial charge in [0.1, 0.15) is 0 Å². The molecule has 2 N–H and O–H groups in total. The zero-order valence-electron chi connectivity index (χ0n) is 10.2. The van der Waals surface area contributed by atoms with E-state index in [9.17, 15) is 4.79 Å². The van der Waals surface area contributed by atoms with Gasteiger partial charge in [-0.2, -0.15) is 0 Å². The quantitative estimate of drug-likeness (QED) is 0.767. The third kappa shape index (κ3) is 1.84. The van der Waals surface area contributed by atoms with Gasteiger partial charge in [0.2, 0.25) is 5.91 Å². The highest BCUT2D eigenvalue weighted by Crippen LogP contribution is 2.51. The molecule has 4 heteroatoms. The van der Waals surface area contributed by atoms with Crippen LogP contribution in [0, 0.1) is 11.3 Å². The molecule has 2 aliphatic rings. The van der Waals surface area contributed by atoms with Gasteiger partial charge >= 0.3 is 0 Å². The summed E-state index contributed by atoms with van der Waals surface area (Å²) >= 11 is 0. The molecule has 2 fully saturated rings. The van der Waals surface area contributed by atoms with E-state index in [1.54, 1.807) is 14.0 Å². The monoisotopic (exact) mass is 226 g/mol. The Morgan fingerprint density at radius 3 is 2.75 bits per heavy atom. The van der Waals surface area contributed by atoms with Gasteiger partial charge in [-0.15, -0.1) is 0 Å². The molecule has 1 aliphatic heterocycles. The summed E-state index contributed by atoms with van der Waals surface area (Å²) in [6.07, 6.45) is 3.77. The van der Waals surface area contributed by atoms with E-state index in [4.69, 9.17) is 10.5 Å². The fraction of sp³-hybridized carbons (Fsp3) is 0.917. The molecule has 1 spiro atoms. The lowest BCUT2D eigenvalue weighted by Gasteiger charge is -2.42. The first kappa shape index (κ1) is 11.9. The molecule has 1 saturated carbocycles. The number of carbonyl (C=O) groups excluding carboxylic acids is 1. The number of methoxy groups -OCH3 is 1. The zero-order valence-corrected chi connectivity index (χ0v) is 10.2. The van der Waals surface area contributed by atoms with Gasteiger partial charge in [-0.05, 0) is 25.2 Å². The van der Waals surface area contributed by atoms with Crippen molar-refractivity contribution in [2.75, 3.05) is 26.8 Å². The summed E-state index contributed by atoms with van der Waals surface area (Å²) in [4.78, 5) is 13.8. The zero-order chi connectivity index (χ0) is 11.8. The molecule has 4 nitrogen and oxygen atoms in total. The van der Waals surface area contributed by atoms with E-state index >= 15 is 0 Å². The van der Waals surface area contributed by atoms with Crippen molar-refractivity contribution in [3.8, 4) is 0 Å².